The van der Waals surface area contributed by atoms with Crippen LogP contribution in [0.1, 0.15) is 55.7 Å². The average molecular weight is 382 g/mol. The molecule has 6 heteroatoms. The molecule has 1 aromatic carbocycles. The van der Waals surface area contributed by atoms with Gasteiger partial charge in [0.1, 0.15) is 0 Å². The normalized spacial score (nSPS) is 18.2. The summed E-state index contributed by atoms with van der Waals surface area (Å²) in [5.41, 5.74) is 3.04. The minimum absolute atomic E-state index is 0.0365. The van der Waals surface area contributed by atoms with E-state index >= 15 is 0 Å². The fraction of sp³-hybridized carbons (Fsp3) is 0.500. The first-order valence-electron chi connectivity index (χ1n) is 10.3. The number of benzene rings is 1. The van der Waals surface area contributed by atoms with Crippen LogP contribution < -0.4 is 0 Å². The van der Waals surface area contributed by atoms with E-state index in [9.17, 15) is 4.79 Å². The third-order valence-corrected chi connectivity index (χ3v) is 5.32. The minimum Gasteiger partial charge on any atom is -0.338 e. The molecule has 1 aromatic heterocycles. The molecule has 0 aliphatic carbocycles. The summed E-state index contributed by atoms with van der Waals surface area (Å²) >= 11 is 0. The average Bonchev–Trinajstić information content (AvgIpc) is 3.20. The van der Waals surface area contributed by atoms with E-state index in [1.807, 2.05) is 30.8 Å². The van der Waals surface area contributed by atoms with Crippen LogP contribution in [0.2, 0.25) is 0 Å². The number of carbonyl (C=O) groups excluding carboxylic acids is 1. The lowest BCUT2D eigenvalue weighted by Crippen LogP contribution is -2.37. The summed E-state index contributed by atoms with van der Waals surface area (Å²) in [5, 5.41) is 8.41. The Labute approximate surface area is 167 Å². The Kier molecular flexibility index (Phi) is 6.98. The van der Waals surface area contributed by atoms with Crippen molar-refractivity contribution in [2.24, 2.45) is 0 Å². The van der Waals surface area contributed by atoms with Gasteiger partial charge in [-0.25, -0.2) is 4.68 Å². The van der Waals surface area contributed by atoms with E-state index in [0.717, 1.165) is 32.5 Å². The third kappa shape index (κ3) is 5.07. The number of amides is 1. The van der Waals surface area contributed by atoms with Gasteiger partial charge in [-0.15, -0.1) is 5.10 Å². The van der Waals surface area contributed by atoms with Gasteiger partial charge in [0.15, 0.2) is 5.69 Å². The zero-order valence-electron chi connectivity index (χ0n) is 17.2. The number of hydrogen-bond acceptors (Lipinski definition) is 4. The molecule has 0 unspecified atom stereocenters. The van der Waals surface area contributed by atoms with Gasteiger partial charge >= 0.3 is 0 Å². The molecular weight excluding hydrogens is 350 g/mol. The van der Waals surface area contributed by atoms with Gasteiger partial charge in [0.05, 0.1) is 12.2 Å². The lowest BCUT2D eigenvalue weighted by Gasteiger charge is -2.32. The van der Waals surface area contributed by atoms with Crippen LogP contribution in [0, 0.1) is 0 Å². The summed E-state index contributed by atoms with van der Waals surface area (Å²) < 4.78 is 1.89. The van der Waals surface area contributed by atoms with E-state index in [1.165, 1.54) is 11.1 Å². The second-order valence-electron chi connectivity index (χ2n) is 7.49. The Balaban J connectivity index is 1.62. The second-order valence-corrected chi connectivity index (χ2v) is 7.49. The summed E-state index contributed by atoms with van der Waals surface area (Å²) in [6.45, 7) is 10.5. The van der Waals surface area contributed by atoms with Crippen molar-refractivity contribution in [2.75, 3.05) is 32.7 Å². The smallest absolute Gasteiger partial charge is 0.276 e. The largest absolute Gasteiger partial charge is 0.338 e. The molecule has 2 heterocycles. The van der Waals surface area contributed by atoms with Crippen molar-refractivity contribution in [2.45, 2.75) is 39.7 Å². The van der Waals surface area contributed by atoms with Gasteiger partial charge in [-0.3, -0.25) is 9.69 Å². The quantitative estimate of drug-likeness (QED) is 0.737. The molecule has 1 fully saturated rings. The van der Waals surface area contributed by atoms with Gasteiger partial charge in [0.2, 0.25) is 0 Å². The molecule has 0 spiro atoms. The highest BCUT2D eigenvalue weighted by Gasteiger charge is 2.24. The molecular formula is C22H31N5O. The first-order chi connectivity index (χ1) is 13.6. The first kappa shape index (κ1) is 20.3. The molecule has 6 nitrogen and oxygen atoms in total. The topological polar surface area (TPSA) is 54.3 Å². The van der Waals surface area contributed by atoms with Crippen molar-refractivity contribution >= 4 is 12.0 Å². The highest BCUT2D eigenvalue weighted by molar-refractivity contribution is 5.91. The van der Waals surface area contributed by atoms with Crippen molar-refractivity contribution in [1.82, 2.24) is 24.8 Å². The second kappa shape index (κ2) is 9.64. The lowest BCUT2D eigenvalue weighted by molar-refractivity contribution is 0.0767. The number of nitrogens with zero attached hydrogens (tertiary/aromatic N) is 5. The van der Waals surface area contributed by atoms with Crippen LogP contribution in [0.3, 0.4) is 0 Å². The van der Waals surface area contributed by atoms with E-state index in [1.54, 1.807) is 4.90 Å². The van der Waals surface area contributed by atoms with E-state index in [-0.39, 0.29) is 11.9 Å². The molecule has 1 amide bonds. The summed E-state index contributed by atoms with van der Waals surface area (Å²) in [6.07, 6.45) is 6.27. The third-order valence-electron chi connectivity index (χ3n) is 5.32. The number of rotatable bonds is 7. The van der Waals surface area contributed by atoms with Gasteiger partial charge in [0, 0.05) is 26.2 Å². The lowest BCUT2D eigenvalue weighted by atomic mass is 10.0. The van der Waals surface area contributed by atoms with E-state index in [4.69, 9.17) is 0 Å². The van der Waals surface area contributed by atoms with Crippen LogP contribution in [-0.4, -0.2) is 63.4 Å². The highest BCUT2D eigenvalue weighted by atomic mass is 16.2. The molecule has 3 rings (SSSR count). The SMILES string of the molecule is CCN(CC)C(=O)c1cn([C@H]2CCCN(C/C(C)=C/c3ccccc3)C2)nn1. The molecule has 0 N–H and O–H groups in total. The Morgan fingerprint density at radius 3 is 2.71 bits per heavy atom. The maximum atomic E-state index is 12.5. The molecule has 0 radical (unpaired) electrons. The molecule has 1 atom stereocenters. The Bertz CT molecular complexity index is 794. The number of carbonyl (C=O) groups is 1. The van der Waals surface area contributed by atoms with Crippen LogP contribution in [0.15, 0.2) is 42.1 Å². The number of piperidine rings is 1. The zero-order chi connectivity index (χ0) is 19.9. The van der Waals surface area contributed by atoms with Gasteiger partial charge in [-0.05, 0) is 45.7 Å². The fourth-order valence-electron chi connectivity index (χ4n) is 3.85. The van der Waals surface area contributed by atoms with Crippen LogP contribution in [0.5, 0.6) is 0 Å². The van der Waals surface area contributed by atoms with E-state index in [0.29, 0.717) is 18.8 Å². The Morgan fingerprint density at radius 1 is 1.25 bits per heavy atom. The van der Waals surface area contributed by atoms with E-state index in [2.05, 4.69) is 52.5 Å². The molecule has 2 aromatic rings. The van der Waals surface area contributed by atoms with Crippen molar-refractivity contribution in [3.8, 4) is 0 Å². The summed E-state index contributed by atoms with van der Waals surface area (Å²) in [5.74, 6) is -0.0365. The maximum absolute atomic E-state index is 12.5. The predicted octanol–water partition coefficient (Wildman–Crippen LogP) is 3.50. The first-order valence-corrected chi connectivity index (χ1v) is 10.3. The molecule has 1 aliphatic heterocycles. The van der Waals surface area contributed by atoms with Crippen molar-refractivity contribution < 1.29 is 4.79 Å². The maximum Gasteiger partial charge on any atom is 0.276 e. The minimum atomic E-state index is -0.0365. The van der Waals surface area contributed by atoms with Crippen molar-refractivity contribution in [1.29, 1.82) is 0 Å². The van der Waals surface area contributed by atoms with Crippen LogP contribution >= 0.6 is 0 Å². The standard InChI is InChI=1S/C22H31N5O/c1-4-26(5-2)22(28)21-17-27(24-23-21)20-12-9-13-25(16-20)15-18(3)14-19-10-7-6-8-11-19/h6-8,10-11,14,17,20H,4-5,9,12-13,15-16H2,1-3H3/b18-14+/t20-/m0/s1. The molecule has 28 heavy (non-hydrogen) atoms. The molecule has 0 bridgehead atoms. The summed E-state index contributed by atoms with van der Waals surface area (Å²) in [7, 11) is 0. The van der Waals surface area contributed by atoms with Gasteiger partial charge < -0.3 is 4.90 Å². The summed E-state index contributed by atoms with van der Waals surface area (Å²) in [6, 6.07) is 10.7. The van der Waals surface area contributed by atoms with Crippen molar-refractivity contribution in [3.63, 3.8) is 0 Å². The highest BCUT2D eigenvalue weighted by Crippen LogP contribution is 2.22. The fourth-order valence-corrected chi connectivity index (χ4v) is 3.85. The van der Waals surface area contributed by atoms with Crippen LogP contribution in [0.25, 0.3) is 6.08 Å². The van der Waals surface area contributed by atoms with E-state index < -0.39 is 0 Å². The Morgan fingerprint density at radius 2 is 2.00 bits per heavy atom. The zero-order valence-corrected chi connectivity index (χ0v) is 17.2. The number of likely N-dealkylation sites (tertiary alicyclic amines) is 1. The molecule has 150 valence electrons. The summed E-state index contributed by atoms with van der Waals surface area (Å²) in [4.78, 5) is 16.7. The van der Waals surface area contributed by atoms with Gasteiger partial charge in [-0.2, -0.15) is 0 Å². The van der Waals surface area contributed by atoms with Crippen molar-refractivity contribution in [3.05, 3.63) is 53.4 Å². The van der Waals surface area contributed by atoms with Crippen LogP contribution in [0.4, 0.5) is 0 Å². The monoisotopic (exact) mass is 381 g/mol. The number of hydrogen-bond donors (Lipinski definition) is 0. The predicted molar refractivity (Wildman–Crippen MR) is 112 cm³/mol. The van der Waals surface area contributed by atoms with Gasteiger partial charge in [0.25, 0.3) is 5.91 Å². The molecule has 0 saturated carbocycles. The molecule has 1 aliphatic rings. The van der Waals surface area contributed by atoms with Gasteiger partial charge in [-0.1, -0.05) is 47.2 Å². The van der Waals surface area contributed by atoms with Crippen LogP contribution in [-0.2, 0) is 0 Å². The number of aromatic nitrogens is 3. The Hall–Kier alpha value is -2.47. The molecule has 1 saturated heterocycles.